The zero-order chi connectivity index (χ0) is 19.1. The summed E-state index contributed by atoms with van der Waals surface area (Å²) < 4.78 is 27.6. The number of carbonyl (C=O) groups excluding carboxylic acids is 3. The first-order chi connectivity index (χ1) is 12.4. The quantitative estimate of drug-likeness (QED) is 0.579. The van der Waals surface area contributed by atoms with Crippen molar-refractivity contribution in [3.05, 3.63) is 35.4 Å². The van der Waals surface area contributed by atoms with E-state index in [9.17, 15) is 18.9 Å². The van der Waals surface area contributed by atoms with Gasteiger partial charge in [0.25, 0.3) is 11.8 Å². The van der Waals surface area contributed by atoms with Crippen LogP contribution in [0.2, 0.25) is 0 Å². The van der Waals surface area contributed by atoms with Crippen molar-refractivity contribution in [1.82, 2.24) is 9.80 Å². The molecule has 0 N–H and O–H groups in total. The van der Waals surface area contributed by atoms with E-state index in [1.165, 1.54) is 26.2 Å². The van der Waals surface area contributed by atoms with E-state index < -0.39 is 37.3 Å². The van der Waals surface area contributed by atoms with Crippen LogP contribution in [-0.4, -0.2) is 67.4 Å². The van der Waals surface area contributed by atoms with Gasteiger partial charge in [-0.3, -0.25) is 24.0 Å². The van der Waals surface area contributed by atoms with Crippen LogP contribution in [0, 0.1) is 0 Å². The minimum absolute atomic E-state index is 0.0144. The molecule has 9 nitrogen and oxygen atoms in total. The third-order valence-electron chi connectivity index (χ3n) is 4.72. The molecule has 10 heteroatoms. The van der Waals surface area contributed by atoms with Crippen LogP contribution in [0.3, 0.4) is 0 Å². The van der Waals surface area contributed by atoms with Crippen LogP contribution in [0.25, 0.3) is 0 Å². The van der Waals surface area contributed by atoms with Crippen molar-refractivity contribution in [2.45, 2.75) is 18.2 Å². The molecule has 140 valence electrons. The normalized spacial score (nSPS) is 22.7. The predicted octanol–water partition coefficient (Wildman–Crippen LogP) is 1.94. The Morgan fingerprint density at radius 3 is 2.08 bits per heavy atom. The SMILES string of the molecule is COC(=O)N1C[C@@H](N2C(=O)c3ccccc3C2=O)C[C@H]1P(=O)(OC)OC. The maximum atomic E-state index is 12.8. The number of likely N-dealkylation sites (tertiary alicyclic amines) is 1. The molecule has 3 rings (SSSR count). The van der Waals surface area contributed by atoms with Gasteiger partial charge in [-0.1, -0.05) is 12.1 Å². The molecule has 0 bridgehead atoms. The Morgan fingerprint density at radius 2 is 1.62 bits per heavy atom. The first-order valence-corrected chi connectivity index (χ1v) is 9.51. The summed E-state index contributed by atoms with van der Waals surface area (Å²) in [6.07, 6.45) is -0.664. The van der Waals surface area contributed by atoms with Crippen molar-refractivity contribution in [3.63, 3.8) is 0 Å². The molecule has 0 aromatic heterocycles. The highest BCUT2D eigenvalue weighted by Crippen LogP contribution is 2.56. The van der Waals surface area contributed by atoms with Gasteiger partial charge in [0.1, 0.15) is 5.78 Å². The van der Waals surface area contributed by atoms with E-state index in [0.29, 0.717) is 11.1 Å². The number of hydrogen-bond donors (Lipinski definition) is 0. The zero-order valence-electron chi connectivity index (χ0n) is 14.6. The second-order valence-electron chi connectivity index (χ2n) is 5.92. The summed E-state index contributed by atoms with van der Waals surface area (Å²) in [5.74, 6) is -1.84. The van der Waals surface area contributed by atoms with Gasteiger partial charge in [-0.05, 0) is 12.1 Å². The first kappa shape index (κ1) is 18.6. The number of rotatable bonds is 4. The fourth-order valence-electron chi connectivity index (χ4n) is 3.45. The Hall–Kier alpha value is -2.22. The Labute approximate surface area is 150 Å². The molecule has 1 saturated heterocycles. The number of nitrogens with zero attached hydrogens (tertiary/aromatic N) is 2. The highest BCUT2D eigenvalue weighted by molar-refractivity contribution is 7.54. The molecule has 0 aliphatic carbocycles. The number of fused-ring (bicyclic) bond motifs is 1. The van der Waals surface area contributed by atoms with Crippen LogP contribution in [0.15, 0.2) is 24.3 Å². The van der Waals surface area contributed by atoms with E-state index >= 15 is 0 Å². The minimum atomic E-state index is -3.67. The lowest BCUT2D eigenvalue weighted by Crippen LogP contribution is -2.42. The van der Waals surface area contributed by atoms with Gasteiger partial charge >= 0.3 is 13.7 Å². The van der Waals surface area contributed by atoms with Crippen LogP contribution in [0.4, 0.5) is 4.79 Å². The monoisotopic (exact) mass is 382 g/mol. The summed E-state index contributed by atoms with van der Waals surface area (Å²) in [4.78, 5) is 39.8. The number of carbonyl (C=O) groups is 3. The Morgan fingerprint density at radius 1 is 1.08 bits per heavy atom. The summed E-state index contributed by atoms with van der Waals surface area (Å²) in [6.45, 7) is -0.0144. The lowest BCUT2D eigenvalue weighted by molar-refractivity contribution is 0.0584. The van der Waals surface area contributed by atoms with Crippen molar-refractivity contribution < 1.29 is 32.7 Å². The van der Waals surface area contributed by atoms with Gasteiger partial charge in [0.2, 0.25) is 0 Å². The van der Waals surface area contributed by atoms with Crippen LogP contribution in [-0.2, 0) is 18.3 Å². The number of amides is 3. The predicted molar refractivity (Wildman–Crippen MR) is 89.9 cm³/mol. The highest BCUT2D eigenvalue weighted by Gasteiger charge is 2.52. The van der Waals surface area contributed by atoms with Gasteiger partial charge in [0.05, 0.1) is 24.3 Å². The summed E-state index contributed by atoms with van der Waals surface area (Å²) in [6, 6.07) is 5.85. The standard InChI is InChI=1S/C16H19N2O7P/c1-23-16(21)17-9-10(8-13(17)26(22,24-2)25-3)18-14(19)11-6-4-5-7-12(11)15(18)20/h4-7,10,13H,8-9H2,1-3H3/t10-,13+/m0/s1. The number of benzene rings is 1. The number of imide groups is 1. The van der Waals surface area contributed by atoms with E-state index in [2.05, 4.69) is 0 Å². The molecular weight excluding hydrogens is 363 g/mol. The van der Waals surface area contributed by atoms with Crippen molar-refractivity contribution in [1.29, 1.82) is 0 Å². The van der Waals surface area contributed by atoms with Gasteiger partial charge in [-0.2, -0.15) is 0 Å². The van der Waals surface area contributed by atoms with Crippen LogP contribution in [0.5, 0.6) is 0 Å². The summed E-state index contributed by atoms with van der Waals surface area (Å²) in [5.41, 5.74) is 0.625. The highest BCUT2D eigenvalue weighted by atomic mass is 31.2. The molecule has 3 amide bonds. The number of methoxy groups -OCH3 is 1. The topological polar surface area (TPSA) is 102 Å². The third-order valence-corrected chi connectivity index (χ3v) is 6.96. The molecule has 0 unspecified atom stereocenters. The smallest absolute Gasteiger partial charge is 0.410 e. The number of ether oxygens (including phenoxy) is 1. The molecule has 0 saturated carbocycles. The van der Waals surface area contributed by atoms with E-state index in [1.54, 1.807) is 24.3 Å². The van der Waals surface area contributed by atoms with E-state index in [0.717, 1.165) is 4.90 Å². The van der Waals surface area contributed by atoms with Crippen LogP contribution >= 0.6 is 7.60 Å². The molecule has 26 heavy (non-hydrogen) atoms. The van der Waals surface area contributed by atoms with Crippen molar-refractivity contribution >= 4 is 25.5 Å². The third kappa shape index (κ3) is 2.72. The fourth-order valence-corrected chi connectivity index (χ4v) is 5.12. The van der Waals surface area contributed by atoms with Gasteiger partial charge in [-0.25, -0.2) is 4.79 Å². The summed E-state index contributed by atoms with van der Waals surface area (Å²) >= 11 is 0. The average Bonchev–Trinajstić information content (AvgIpc) is 3.21. The van der Waals surface area contributed by atoms with E-state index in [1.807, 2.05) is 0 Å². The van der Waals surface area contributed by atoms with E-state index in [-0.39, 0.29) is 13.0 Å². The molecule has 2 atom stereocenters. The van der Waals surface area contributed by atoms with Gasteiger partial charge in [0, 0.05) is 27.2 Å². The molecule has 1 aromatic rings. The van der Waals surface area contributed by atoms with Crippen LogP contribution < -0.4 is 0 Å². The molecule has 0 spiro atoms. The molecule has 1 fully saturated rings. The minimum Gasteiger partial charge on any atom is -0.453 e. The largest absolute Gasteiger partial charge is 0.453 e. The molecule has 0 radical (unpaired) electrons. The molecule has 1 aromatic carbocycles. The lowest BCUT2D eigenvalue weighted by atomic mass is 10.1. The molecular formula is C16H19N2O7P. The Kier molecular flexibility index (Phi) is 4.88. The first-order valence-electron chi connectivity index (χ1n) is 7.90. The van der Waals surface area contributed by atoms with Gasteiger partial charge < -0.3 is 13.8 Å². The Bertz CT molecular complexity index is 769. The van der Waals surface area contributed by atoms with Crippen LogP contribution in [0.1, 0.15) is 27.1 Å². The van der Waals surface area contributed by atoms with Gasteiger partial charge in [0.15, 0.2) is 0 Å². The fraction of sp³-hybridized carbons (Fsp3) is 0.438. The maximum absolute atomic E-state index is 12.8. The average molecular weight is 382 g/mol. The van der Waals surface area contributed by atoms with Crippen molar-refractivity contribution in [2.24, 2.45) is 0 Å². The van der Waals surface area contributed by atoms with Crippen molar-refractivity contribution in [3.8, 4) is 0 Å². The molecule has 2 aliphatic rings. The lowest BCUT2D eigenvalue weighted by Gasteiger charge is -2.27. The Balaban J connectivity index is 1.94. The second-order valence-corrected chi connectivity index (χ2v) is 8.33. The second kappa shape index (κ2) is 6.83. The maximum Gasteiger partial charge on any atom is 0.410 e. The summed E-state index contributed by atoms with van der Waals surface area (Å²) in [5, 5.41) is 0. The molecule has 2 heterocycles. The molecule has 2 aliphatic heterocycles. The van der Waals surface area contributed by atoms with Gasteiger partial charge in [-0.15, -0.1) is 0 Å². The van der Waals surface area contributed by atoms with E-state index in [4.69, 9.17) is 13.8 Å². The zero-order valence-corrected chi connectivity index (χ0v) is 15.5. The number of hydrogen-bond acceptors (Lipinski definition) is 7. The summed E-state index contributed by atoms with van der Waals surface area (Å²) in [7, 11) is -0.0385. The van der Waals surface area contributed by atoms with Crippen molar-refractivity contribution in [2.75, 3.05) is 27.9 Å².